The van der Waals surface area contributed by atoms with Gasteiger partial charge < -0.3 is 10.1 Å². The lowest BCUT2D eigenvalue weighted by molar-refractivity contribution is -0.151. The lowest BCUT2D eigenvalue weighted by Gasteiger charge is -2.24. The van der Waals surface area contributed by atoms with E-state index in [-0.39, 0.29) is 34.6 Å². The first-order valence-corrected chi connectivity index (χ1v) is 13.1. The van der Waals surface area contributed by atoms with E-state index in [4.69, 9.17) is 16.3 Å². The second-order valence-corrected chi connectivity index (χ2v) is 9.71. The molecule has 4 aromatic rings. The van der Waals surface area contributed by atoms with Crippen LogP contribution in [0.5, 0.6) is 0 Å². The van der Waals surface area contributed by atoms with Crippen LogP contribution in [0.25, 0.3) is 0 Å². The smallest absolute Gasteiger partial charge is 0.330 e. The number of carbonyl (C=O) groups is 5. The molecule has 0 aromatic heterocycles. The van der Waals surface area contributed by atoms with Crippen LogP contribution in [0.1, 0.15) is 42.2 Å². The summed E-state index contributed by atoms with van der Waals surface area (Å²) in [6.07, 6.45) is -0.000326. The Morgan fingerprint density at radius 3 is 2.00 bits per heavy atom. The molecule has 1 atom stereocenters. The number of anilines is 1. The number of hydrogen-bond acceptors (Lipinski definition) is 6. The first-order valence-electron chi connectivity index (χ1n) is 12.7. The molecule has 1 aliphatic rings. The number of amides is 3. The average Bonchev–Trinajstić information content (AvgIpc) is 3.25. The van der Waals surface area contributed by atoms with Crippen molar-refractivity contribution in [3.05, 3.63) is 136 Å². The minimum Gasteiger partial charge on any atom is -0.454 e. The van der Waals surface area contributed by atoms with E-state index in [2.05, 4.69) is 5.32 Å². The number of imide groups is 1. The fourth-order valence-electron chi connectivity index (χ4n) is 4.59. The van der Waals surface area contributed by atoms with Crippen molar-refractivity contribution < 1.29 is 28.7 Å². The molecule has 9 heteroatoms. The summed E-state index contributed by atoms with van der Waals surface area (Å²) in [4.78, 5) is 66.4. The summed E-state index contributed by atoms with van der Waals surface area (Å²) in [5.41, 5.74) is 1.84. The summed E-state index contributed by atoms with van der Waals surface area (Å²) in [6.45, 7) is -0.713. The van der Waals surface area contributed by atoms with Gasteiger partial charge in [-0.3, -0.25) is 24.1 Å². The third-order valence-electron chi connectivity index (χ3n) is 6.56. The lowest BCUT2D eigenvalue weighted by Crippen LogP contribution is -2.47. The second-order valence-electron chi connectivity index (χ2n) is 9.27. The van der Waals surface area contributed by atoms with Gasteiger partial charge in [-0.2, -0.15) is 0 Å². The van der Waals surface area contributed by atoms with Crippen molar-refractivity contribution >= 4 is 46.8 Å². The van der Waals surface area contributed by atoms with Gasteiger partial charge in [0.05, 0.1) is 16.8 Å². The third kappa shape index (κ3) is 5.92. The number of nitrogens with zero attached hydrogens (tertiary/aromatic N) is 1. The summed E-state index contributed by atoms with van der Waals surface area (Å²) in [5.74, 6) is -3.22. The number of esters is 1. The van der Waals surface area contributed by atoms with E-state index in [0.717, 1.165) is 4.90 Å². The quantitative estimate of drug-likeness (QED) is 0.174. The van der Waals surface area contributed by atoms with Crippen LogP contribution in [-0.2, 0) is 20.7 Å². The van der Waals surface area contributed by atoms with Gasteiger partial charge in [0, 0.05) is 22.6 Å². The highest BCUT2D eigenvalue weighted by Crippen LogP contribution is 2.27. The molecular weight excluding hydrogens is 544 g/mol. The Hall–Kier alpha value is -5.08. The summed E-state index contributed by atoms with van der Waals surface area (Å²) in [7, 11) is 0. The van der Waals surface area contributed by atoms with Crippen LogP contribution in [-0.4, -0.2) is 47.0 Å². The zero-order chi connectivity index (χ0) is 28.9. The largest absolute Gasteiger partial charge is 0.454 e. The predicted molar refractivity (Wildman–Crippen MR) is 152 cm³/mol. The molecule has 0 bridgehead atoms. The standard InChI is InChI=1S/C32H23ClN2O6/c33-22-15-16-26(25(18-22)29(37)21-11-5-2-6-12-21)34-28(36)19-41-32(40)27(17-20-9-3-1-4-10-20)35-30(38)23-13-7-8-14-24(23)31(35)39/h1-16,18,27H,17,19H2,(H,34,36)/t27-/m1/s1. The van der Waals surface area contributed by atoms with Gasteiger partial charge in [0.25, 0.3) is 17.7 Å². The second kappa shape index (κ2) is 12.0. The zero-order valence-corrected chi connectivity index (χ0v) is 22.3. The maximum Gasteiger partial charge on any atom is 0.330 e. The Morgan fingerprint density at radius 1 is 0.780 bits per heavy atom. The number of ether oxygens (including phenoxy) is 1. The van der Waals surface area contributed by atoms with Gasteiger partial charge in [-0.1, -0.05) is 84.4 Å². The number of nitrogens with one attached hydrogen (secondary N) is 1. The summed E-state index contributed by atoms with van der Waals surface area (Å²) >= 11 is 6.11. The van der Waals surface area contributed by atoms with Gasteiger partial charge in [-0.25, -0.2) is 4.79 Å². The molecule has 0 spiro atoms. The van der Waals surface area contributed by atoms with Gasteiger partial charge >= 0.3 is 5.97 Å². The monoisotopic (exact) mass is 566 g/mol. The predicted octanol–water partition coefficient (Wildman–Crippen LogP) is 4.96. The van der Waals surface area contributed by atoms with Crippen LogP contribution in [0.3, 0.4) is 0 Å². The van der Waals surface area contributed by atoms with Crippen molar-refractivity contribution in [3.63, 3.8) is 0 Å². The van der Waals surface area contributed by atoms with Crippen molar-refractivity contribution in [2.45, 2.75) is 12.5 Å². The van der Waals surface area contributed by atoms with Crippen LogP contribution in [0.4, 0.5) is 5.69 Å². The van der Waals surface area contributed by atoms with E-state index >= 15 is 0 Å². The summed E-state index contributed by atoms with van der Waals surface area (Å²) in [5, 5.41) is 2.89. The molecule has 8 nitrogen and oxygen atoms in total. The van der Waals surface area contributed by atoms with Crippen molar-refractivity contribution in [2.24, 2.45) is 0 Å². The number of ketones is 1. The highest BCUT2D eigenvalue weighted by atomic mass is 35.5. The summed E-state index contributed by atoms with van der Waals surface area (Å²) in [6, 6.07) is 26.8. The van der Waals surface area contributed by atoms with Crippen LogP contribution in [0.2, 0.25) is 5.02 Å². The van der Waals surface area contributed by atoms with E-state index in [9.17, 15) is 24.0 Å². The number of hydrogen-bond donors (Lipinski definition) is 1. The van der Waals surface area contributed by atoms with Gasteiger partial charge in [0.2, 0.25) is 0 Å². The molecule has 1 aliphatic heterocycles. The molecule has 0 fully saturated rings. The van der Waals surface area contributed by atoms with E-state index in [1.807, 2.05) is 0 Å². The number of benzene rings is 4. The maximum absolute atomic E-state index is 13.3. The molecule has 204 valence electrons. The third-order valence-corrected chi connectivity index (χ3v) is 6.80. The topological polar surface area (TPSA) is 110 Å². The molecule has 0 aliphatic carbocycles. The van der Waals surface area contributed by atoms with Crippen LogP contribution in [0.15, 0.2) is 103 Å². The van der Waals surface area contributed by atoms with E-state index in [0.29, 0.717) is 16.1 Å². The molecule has 0 saturated carbocycles. The average molecular weight is 567 g/mol. The molecule has 0 unspecified atom stereocenters. The fraction of sp³-hybridized carbons (Fsp3) is 0.0938. The number of fused-ring (bicyclic) bond motifs is 1. The van der Waals surface area contributed by atoms with Crippen molar-refractivity contribution in [2.75, 3.05) is 11.9 Å². The minimum absolute atomic E-state index is 0.000326. The van der Waals surface area contributed by atoms with Crippen molar-refractivity contribution in [3.8, 4) is 0 Å². The van der Waals surface area contributed by atoms with Gasteiger partial charge in [0.1, 0.15) is 6.04 Å². The Labute approximate surface area is 240 Å². The summed E-state index contributed by atoms with van der Waals surface area (Å²) < 4.78 is 5.32. The highest BCUT2D eigenvalue weighted by Gasteiger charge is 2.43. The first kappa shape index (κ1) is 27.5. The van der Waals surface area contributed by atoms with E-state index in [1.54, 1.807) is 72.8 Å². The molecule has 3 amide bonds. The number of carbonyl (C=O) groups excluding carboxylic acids is 5. The molecule has 1 heterocycles. The zero-order valence-electron chi connectivity index (χ0n) is 21.6. The molecular formula is C32H23ClN2O6. The molecule has 0 saturated heterocycles. The van der Waals surface area contributed by atoms with E-state index < -0.39 is 36.3 Å². The first-order chi connectivity index (χ1) is 19.8. The molecule has 5 rings (SSSR count). The van der Waals surface area contributed by atoms with Gasteiger partial charge in [0.15, 0.2) is 12.4 Å². The Kier molecular flexibility index (Phi) is 8.03. The Bertz CT molecular complexity index is 1620. The number of rotatable bonds is 9. The SMILES string of the molecule is O=C(COC(=O)[C@@H](Cc1ccccc1)N1C(=O)c2ccccc2C1=O)Nc1ccc(Cl)cc1C(=O)c1ccccc1. The molecule has 4 aromatic carbocycles. The van der Waals surface area contributed by atoms with Crippen molar-refractivity contribution in [1.29, 1.82) is 0 Å². The van der Waals surface area contributed by atoms with Crippen molar-refractivity contribution in [1.82, 2.24) is 4.90 Å². The van der Waals surface area contributed by atoms with Gasteiger partial charge in [-0.05, 0) is 35.9 Å². The molecule has 1 N–H and O–H groups in total. The van der Waals surface area contributed by atoms with Crippen LogP contribution in [0, 0.1) is 0 Å². The molecule has 0 radical (unpaired) electrons. The fourth-order valence-corrected chi connectivity index (χ4v) is 4.76. The van der Waals surface area contributed by atoms with E-state index in [1.165, 1.54) is 30.3 Å². The molecule has 41 heavy (non-hydrogen) atoms. The Balaban J connectivity index is 1.33. The number of halogens is 1. The maximum atomic E-state index is 13.3. The minimum atomic E-state index is -1.30. The lowest BCUT2D eigenvalue weighted by atomic mass is 10.0. The van der Waals surface area contributed by atoms with Crippen LogP contribution >= 0.6 is 11.6 Å². The van der Waals surface area contributed by atoms with Gasteiger partial charge in [-0.15, -0.1) is 0 Å². The Morgan fingerprint density at radius 2 is 1.37 bits per heavy atom. The normalized spacial score (nSPS) is 13.0. The van der Waals surface area contributed by atoms with Crippen LogP contribution < -0.4 is 5.32 Å². The highest BCUT2D eigenvalue weighted by molar-refractivity contribution is 6.31.